The number of phenols is 1. The third kappa shape index (κ3) is 6.62. The zero-order valence-corrected chi connectivity index (χ0v) is 28.2. The lowest BCUT2D eigenvalue weighted by molar-refractivity contribution is -0.124. The van der Waals surface area contributed by atoms with Crippen LogP contribution >= 0.6 is 21.6 Å². The summed E-state index contributed by atoms with van der Waals surface area (Å²) in [6, 6.07) is 3.50. The van der Waals surface area contributed by atoms with E-state index >= 15 is 0 Å². The predicted molar refractivity (Wildman–Crippen MR) is 187 cm³/mol. The van der Waals surface area contributed by atoms with Crippen molar-refractivity contribution in [2.75, 3.05) is 7.11 Å². The maximum atomic E-state index is 13.0. The van der Waals surface area contributed by atoms with Gasteiger partial charge in [0.25, 0.3) is 0 Å². The molecule has 46 heavy (non-hydrogen) atoms. The van der Waals surface area contributed by atoms with Crippen LogP contribution in [0.15, 0.2) is 72.5 Å². The molecule has 2 aliphatic heterocycles. The topological polar surface area (TPSA) is 119 Å². The van der Waals surface area contributed by atoms with E-state index in [1.54, 1.807) is 18.2 Å². The normalized spacial score (nSPS) is 29.8. The Hall–Kier alpha value is -3.21. The van der Waals surface area contributed by atoms with Gasteiger partial charge in [0.2, 0.25) is 0 Å². The summed E-state index contributed by atoms with van der Waals surface area (Å²) < 4.78 is 7.79. The fourth-order valence-electron chi connectivity index (χ4n) is 7.47. The Labute approximate surface area is 279 Å². The van der Waals surface area contributed by atoms with Crippen LogP contribution in [-0.4, -0.2) is 50.0 Å². The zero-order chi connectivity index (χ0) is 32.3. The summed E-state index contributed by atoms with van der Waals surface area (Å²) in [6.07, 6.45) is 25.1. The van der Waals surface area contributed by atoms with Crippen molar-refractivity contribution < 1.29 is 19.4 Å². The molecule has 0 radical (unpaired) electrons. The summed E-state index contributed by atoms with van der Waals surface area (Å²) in [7, 11) is 5.29. The first kappa shape index (κ1) is 32.7. The third-order valence-electron chi connectivity index (χ3n) is 10.1. The Morgan fingerprint density at radius 3 is 2.72 bits per heavy atom. The summed E-state index contributed by atoms with van der Waals surface area (Å²) in [5, 5.41) is 14.7. The number of aromatic nitrogens is 2. The smallest absolute Gasteiger partial charge is 0.163 e. The molecular formula is C36H44N4O4S2. The summed E-state index contributed by atoms with van der Waals surface area (Å²) in [5.74, 6) is 0.0807. The number of allylic oxidation sites excluding steroid dienone is 4. The molecule has 6 rings (SSSR count). The van der Waals surface area contributed by atoms with Crippen LogP contribution in [-0.2, 0) is 15.1 Å². The zero-order valence-electron chi connectivity index (χ0n) is 26.6. The van der Waals surface area contributed by atoms with Crippen molar-refractivity contribution >= 4 is 39.2 Å². The maximum Gasteiger partial charge on any atom is 0.163 e. The number of benzene rings is 1. The Balaban J connectivity index is 1.56. The fraction of sp³-hybridized carbons (Fsp3) is 0.472. The number of hydrogen-bond donors (Lipinski definition) is 3. The lowest BCUT2D eigenvalue weighted by Gasteiger charge is -2.47. The Morgan fingerprint density at radius 2 is 1.98 bits per heavy atom. The number of hydrogen-bond acceptors (Lipinski definition) is 9. The van der Waals surface area contributed by atoms with Crippen LogP contribution in [0.4, 0.5) is 0 Å². The highest BCUT2D eigenvalue weighted by atomic mass is 33.1. The molecule has 4 aliphatic rings. The third-order valence-corrected chi connectivity index (χ3v) is 13.4. The number of carbonyl (C=O) groups is 2. The van der Waals surface area contributed by atoms with Crippen molar-refractivity contribution in [1.29, 1.82) is 0 Å². The predicted octanol–water partition coefficient (Wildman–Crippen LogP) is 6.79. The second-order valence-electron chi connectivity index (χ2n) is 12.8. The standard InChI is InChI=1S/C36H44N4O4S2/c1-3-23-7-9-26(41)19-27(42)10-8-24-18-32(44-2)31(43)20-29(24)28-11-12-33(23)45-46-34(30-17-25(28)21-39-35(30)37)36(13-5-4-6-14-36)40-16-15-38-22-40/h8,10-12,15-18,20-23,28,33-35,39,43H,3-7,9,13-14,19,37H2,1-2H3/b10-8+,12-11+/t23-,28+,33+,34+,35?/m0/s1. The second kappa shape index (κ2) is 14.3. The number of rotatable bonds is 4. The first-order valence-corrected chi connectivity index (χ1v) is 18.7. The molecule has 0 saturated heterocycles. The van der Waals surface area contributed by atoms with Gasteiger partial charge >= 0.3 is 0 Å². The molecule has 2 aromatic rings. The first-order chi connectivity index (χ1) is 22.3. The molecule has 244 valence electrons. The van der Waals surface area contributed by atoms with Crippen LogP contribution < -0.4 is 15.8 Å². The molecule has 0 amide bonds. The van der Waals surface area contributed by atoms with Gasteiger partial charge in [0, 0.05) is 36.2 Å². The van der Waals surface area contributed by atoms with Crippen molar-refractivity contribution in [3.8, 4) is 11.5 Å². The van der Waals surface area contributed by atoms with Crippen molar-refractivity contribution in [2.24, 2.45) is 11.7 Å². The van der Waals surface area contributed by atoms with E-state index in [1.165, 1.54) is 19.6 Å². The van der Waals surface area contributed by atoms with Gasteiger partial charge in [-0.1, -0.05) is 78.5 Å². The summed E-state index contributed by atoms with van der Waals surface area (Å²) >= 11 is 0. The summed E-state index contributed by atoms with van der Waals surface area (Å²) in [6.45, 7) is 2.19. The number of phenolic OH excluding ortho intramolecular Hbond substituents is 1. The molecule has 2 aliphatic carbocycles. The second-order valence-corrected chi connectivity index (χ2v) is 15.4. The molecule has 10 heteroatoms. The van der Waals surface area contributed by atoms with Crippen molar-refractivity contribution in [3.63, 3.8) is 0 Å². The maximum absolute atomic E-state index is 13.0. The van der Waals surface area contributed by atoms with Gasteiger partial charge in [-0.05, 0) is 65.7 Å². The van der Waals surface area contributed by atoms with E-state index in [0.717, 1.165) is 60.8 Å². The Morgan fingerprint density at radius 1 is 1.15 bits per heavy atom. The van der Waals surface area contributed by atoms with E-state index in [0.29, 0.717) is 12.2 Å². The van der Waals surface area contributed by atoms with Crippen molar-refractivity contribution in [1.82, 2.24) is 14.9 Å². The number of Topliss-reactive ketones (excluding diaryl/α,β-unsaturated/α-hetero) is 1. The number of fused-ring (bicyclic) bond motifs is 6. The minimum absolute atomic E-state index is 0.0279. The fourth-order valence-corrected chi connectivity index (χ4v) is 11.5. The molecule has 1 fully saturated rings. The Kier molecular flexibility index (Phi) is 10.2. The molecule has 1 saturated carbocycles. The number of dihydropyridines is 1. The highest BCUT2D eigenvalue weighted by Gasteiger charge is 2.46. The molecule has 1 aromatic heterocycles. The van der Waals surface area contributed by atoms with Gasteiger partial charge in [-0.25, -0.2) is 4.98 Å². The van der Waals surface area contributed by atoms with E-state index in [9.17, 15) is 14.7 Å². The Bertz CT molecular complexity index is 1560. The minimum atomic E-state index is -0.363. The van der Waals surface area contributed by atoms with E-state index in [1.807, 2.05) is 40.3 Å². The van der Waals surface area contributed by atoms with Gasteiger partial charge in [-0.2, -0.15) is 0 Å². The molecule has 4 N–H and O–H groups in total. The van der Waals surface area contributed by atoms with Gasteiger partial charge in [0.15, 0.2) is 17.3 Å². The van der Waals surface area contributed by atoms with Crippen LogP contribution in [0, 0.1) is 5.92 Å². The highest BCUT2D eigenvalue weighted by Crippen LogP contribution is 2.53. The number of carbonyl (C=O) groups excluding carboxylic acids is 2. The summed E-state index contributed by atoms with van der Waals surface area (Å²) in [5.41, 5.74) is 10.5. The van der Waals surface area contributed by atoms with Crippen LogP contribution in [0.1, 0.15) is 81.8 Å². The summed E-state index contributed by atoms with van der Waals surface area (Å²) in [4.78, 5) is 30.3. The van der Waals surface area contributed by atoms with E-state index in [2.05, 4.69) is 46.2 Å². The SMILES string of the molecule is CC[C@H]1CCC(=O)CC(=O)/C=C/c2cc(OC)c(O)cc2[C@@H]2/C=C/[C@H]1SS[C@@H](C1(n3ccnc3)CCCCC1)C1=CC2=CNC1N. The number of ether oxygens (including phenoxy) is 1. The average molecular weight is 661 g/mol. The first-order valence-electron chi connectivity index (χ1n) is 16.4. The van der Waals surface area contributed by atoms with E-state index < -0.39 is 0 Å². The number of nitrogens with one attached hydrogen (secondary N) is 1. The van der Waals surface area contributed by atoms with Crippen LogP contribution in [0.2, 0.25) is 0 Å². The van der Waals surface area contributed by atoms with Gasteiger partial charge in [-0.15, -0.1) is 0 Å². The van der Waals surface area contributed by atoms with Gasteiger partial charge in [0.05, 0.1) is 36.8 Å². The monoisotopic (exact) mass is 660 g/mol. The number of imidazole rings is 1. The quantitative estimate of drug-likeness (QED) is 0.185. The number of nitrogens with zero attached hydrogens (tertiary/aromatic N) is 2. The molecule has 5 atom stereocenters. The molecule has 3 heterocycles. The molecular weight excluding hydrogens is 617 g/mol. The molecule has 4 bridgehead atoms. The molecule has 1 aromatic carbocycles. The van der Waals surface area contributed by atoms with Crippen molar-refractivity contribution in [3.05, 3.63) is 83.6 Å². The van der Waals surface area contributed by atoms with Crippen LogP contribution in [0.3, 0.4) is 0 Å². The molecule has 0 spiro atoms. The van der Waals surface area contributed by atoms with Gasteiger partial charge in [-0.3, -0.25) is 9.59 Å². The number of methoxy groups -OCH3 is 1. The molecule has 1 unspecified atom stereocenters. The molecule has 8 nitrogen and oxygen atoms in total. The lowest BCUT2D eigenvalue weighted by atomic mass is 9.75. The number of nitrogens with two attached hydrogens (primary N) is 1. The highest BCUT2D eigenvalue weighted by molar-refractivity contribution is 8.77. The average Bonchev–Trinajstić information content (AvgIpc) is 3.61. The largest absolute Gasteiger partial charge is 0.504 e. The van der Waals surface area contributed by atoms with Crippen LogP contribution in [0.5, 0.6) is 11.5 Å². The van der Waals surface area contributed by atoms with E-state index in [4.69, 9.17) is 10.5 Å². The number of aromatic hydroxyl groups is 1. The minimum Gasteiger partial charge on any atom is -0.504 e. The van der Waals surface area contributed by atoms with Crippen LogP contribution in [0.25, 0.3) is 6.08 Å². The number of ketones is 2. The lowest BCUT2D eigenvalue weighted by Crippen LogP contribution is -2.51. The van der Waals surface area contributed by atoms with E-state index in [-0.39, 0.29) is 57.8 Å². The van der Waals surface area contributed by atoms with Crippen molar-refractivity contribution in [2.45, 2.75) is 92.8 Å². The van der Waals surface area contributed by atoms with Gasteiger partial charge in [0.1, 0.15) is 5.78 Å². The van der Waals surface area contributed by atoms with Gasteiger partial charge < -0.3 is 25.5 Å².